The van der Waals surface area contributed by atoms with E-state index in [0.717, 1.165) is 16.9 Å². The molecule has 0 saturated carbocycles. The highest BCUT2D eigenvalue weighted by Crippen LogP contribution is 2.42. The van der Waals surface area contributed by atoms with Crippen LogP contribution >= 0.6 is 11.8 Å². The number of amides is 1. The molecule has 28 heavy (non-hydrogen) atoms. The average molecular weight is 391 g/mol. The molecule has 0 aliphatic carbocycles. The first-order valence-corrected chi connectivity index (χ1v) is 9.93. The lowest BCUT2D eigenvalue weighted by atomic mass is 9.94. The molecular formula is C21H17N3O3S. The number of nitrogens with one attached hydrogen (secondary N) is 1. The summed E-state index contributed by atoms with van der Waals surface area (Å²) in [5, 5.41) is 15.0. The zero-order valence-corrected chi connectivity index (χ0v) is 15.6. The van der Waals surface area contributed by atoms with E-state index >= 15 is 0 Å². The van der Waals surface area contributed by atoms with Crippen LogP contribution in [0.2, 0.25) is 0 Å². The van der Waals surface area contributed by atoms with Crippen molar-refractivity contribution in [2.75, 3.05) is 11.7 Å². The quantitative estimate of drug-likeness (QED) is 0.667. The van der Waals surface area contributed by atoms with Crippen LogP contribution in [0.15, 0.2) is 70.5 Å². The molecule has 6 nitrogen and oxygen atoms in total. The Kier molecular flexibility index (Phi) is 3.91. The fourth-order valence-corrected chi connectivity index (χ4v) is 4.98. The molecule has 2 aliphatic rings. The van der Waals surface area contributed by atoms with Gasteiger partial charge >= 0.3 is 0 Å². The second-order valence-corrected chi connectivity index (χ2v) is 7.77. The van der Waals surface area contributed by atoms with E-state index in [9.17, 15) is 14.7 Å². The smallest absolute Gasteiger partial charge is 0.275 e. The Morgan fingerprint density at radius 2 is 1.75 bits per heavy atom. The highest BCUT2D eigenvalue weighted by Gasteiger charge is 2.34. The van der Waals surface area contributed by atoms with Gasteiger partial charge in [-0.3, -0.25) is 19.3 Å². The lowest BCUT2D eigenvalue weighted by Crippen LogP contribution is -2.53. The van der Waals surface area contributed by atoms with Crippen molar-refractivity contribution in [1.82, 2.24) is 9.99 Å². The van der Waals surface area contributed by atoms with Gasteiger partial charge in [0.15, 0.2) is 11.4 Å². The van der Waals surface area contributed by atoms with Crippen LogP contribution in [0.5, 0.6) is 5.75 Å². The van der Waals surface area contributed by atoms with Gasteiger partial charge < -0.3 is 10.4 Å². The molecule has 3 aromatic rings. The number of nitrogens with zero attached hydrogens (tertiary/aromatic N) is 2. The summed E-state index contributed by atoms with van der Waals surface area (Å²) in [5.74, 6) is -0.142. The predicted molar refractivity (Wildman–Crippen MR) is 107 cm³/mol. The number of carbonyl (C=O) groups excluding carboxylic acids is 1. The number of hydrogen-bond donors (Lipinski definition) is 2. The maximum absolute atomic E-state index is 12.4. The van der Waals surface area contributed by atoms with Crippen molar-refractivity contribution < 1.29 is 9.90 Å². The van der Waals surface area contributed by atoms with Gasteiger partial charge in [0, 0.05) is 22.9 Å². The minimum atomic E-state index is -0.569. The Bertz CT molecular complexity index is 1110. The first-order valence-electron chi connectivity index (χ1n) is 8.94. The molecule has 0 fully saturated rings. The molecule has 1 aromatic heterocycles. The number of carbonyl (C=O) groups is 1. The van der Waals surface area contributed by atoms with E-state index < -0.39 is 17.1 Å². The molecule has 140 valence electrons. The van der Waals surface area contributed by atoms with Crippen molar-refractivity contribution in [2.24, 2.45) is 0 Å². The molecule has 2 aliphatic heterocycles. The van der Waals surface area contributed by atoms with Crippen molar-refractivity contribution in [3.05, 3.63) is 93.4 Å². The van der Waals surface area contributed by atoms with E-state index in [-0.39, 0.29) is 18.4 Å². The summed E-state index contributed by atoms with van der Waals surface area (Å²) in [6, 6.07) is 17.6. The van der Waals surface area contributed by atoms with E-state index in [0.29, 0.717) is 0 Å². The number of benzene rings is 2. The summed E-state index contributed by atoms with van der Waals surface area (Å²) < 4.78 is 1.60. The summed E-state index contributed by atoms with van der Waals surface area (Å²) in [7, 11) is 0. The second-order valence-electron chi connectivity index (χ2n) is 6.75. The number of fused-ring (bicyclic) bond motifs is 3. The largest absolute Gasteiger partial charge is 0.502 e. The summed E-state index contributed by atoms with van der Waals surface area (Å²) in [5.41, 5.74) is 2.88. The van der Waals surface area contributed by atoms with E-state index in [1.165, 1.54) is 16.5 Å². The zero-order chi connectivity index (χ0) is 19.3. The summed E-state index contributed by atoms with van der Waals surface area (Å²) in [4.78, 5) is 25.5. The Morgan fingerprint density at radius 1 is 1.00 bits per heavy atom. The first-order chi connectivity index (χ1) is 13.6. The van der Waals surface area contributed by atoms with Crippen molar-refractivity contribution in [1.29, 1.82) is 0 Å². The van der Waals surface area contributed by atoms with Crippen LogP contribution in [0.4, 0.5) is 0 Å². The van der Waals surface area contributed by atoms with Gasteiger partial charge in [-0.25, -0.2) is 0 Å². The molecule has 5 rings (SSSR count). The van der Waals surface area contributed by atoms with Crippen molar-refractivity contribution in [2.45, 2.75) is 16.7 Å². The Hall–Kier alpha value is -3.19. The Morgan fingerprint density at radius 3 is 2.61 bits per heavy atom. The fraction of sp³-hybridized carbons (Fsp3) is 0.143. The van der Waals surface area contributed by atoms with E-state index in [1.54, 1.807) is 22.6 Å². The monoisotopic (exact) mass is 391 g/mol. The predicted octanol–water partition coefficient (Wildman–Crippen LogP) is 2.59. The third-order valence-corrected chi connectivity index (χ3v) is 6.33. The van der Waals surface area contributed by atoms with Crippen molar-refractivity contribution in [3.8, 4) is 5.75 Å². The fourth-order valence-electron chi connectivity index (χ4n) is 3.89. The SMILES string of the molecule is O=C1NCN(C2c3ccccc3CSc3ccccc32)n2ccc(=O)c(O)c21. The molecule has 7 heteroatoms. The molecule has 2 N–H and O–H groups in total. The van der Waals surface area contributed by atoms with Gasteiger partial charge in [-0.1, -0.05) is 42.5 Å². The normalized spacial score (nSPS) is 17.8. The van der Waals surface area contributed by atoms with Crippen molar-refractivity contribution >= 4 is 17.7 Å². The topological polar surface area (TPSA) is 74.6 Å². The minimum Gasteiger partial charge on any atom is -0.502 e. The highest BCUT2D eigenvalue weighted by molar-refractivity contribution is 7.98. The Balaban J connectivity index is 1.77. The second kappa shape index (κ2) is 6.45. The summed E-state index contributed by atoms with van der Waals surface area (Å²) in [6.45, 7) is 0.256. The number of aromatic nitrogens is 1. The van der Waals surface area contributed by atoms with Gasteiger partial charge in [0.05, 0.1) is 6.04 Å². The maximum Gasteiger partial charge on any atom is 0.275 e. The molecule has 0 bridgehead atoms. The van der Waals surface area contributed by atoms with Gasteiger partial charge in [0.2, 0.25) is 5.43 Å². The molecule has 3 heterocycles. The number of rotatable bonds is 1. The number of hydrogen-bond acceptors (Lipinski definition) is 5. The average Bonchev–Trinajstić information content (AvgIpc) is 2.88. The summed E-state index contributed by atoms with van der Waals surface area (Å²) >= 11 is 1.78. The van der Waals surface area contributed by atoms with Crippen LogP contribution in [0.3, 0.4) is 0 Å². The van der Waals surface area contributed by atoms with E-state index in [1.807, 2.05) is 29.3 Å². The lowest BCUT2D eigenvalue weighted by molar-refractivity contribution is 0.0915. The summed E-state index contributed by atoms with van der Waals surface area (Å²) in [6.07, 6.45) is 1.55. The van der Waals surface area contributed by atoms with Gasteiger partial charge in [0.25, 0.3) is 5.91 Å². The molecule has 0 radical (unpaired) electrons. The van der Waals surface area contributed by atoms with Gasteiger partial charge in [-0.2, -0.15) is 0 Å². The zero-order valence-electron chi connectivity index (χ0n) is 14.8. The van der Waals surface area contributed by atoms with Crippen LogP contribution < -0.4 is 15.8 Å². The van der Waals surface area contributed by atoms with Gasteiger partial charge in [0.1, 0.15) is 6.67 Å². The highest BCUT2D eigenvalue weighted by atomic mass is 32.2. The molecule has 2 aromatic carbocycles. The van der Waals surface area contributed by atoms with Gasteiger partial charge in [-0.15, -0.1) is 11.8 Å². The molecular weight excluding hydrogens is 374 g/mol. The third-order valence-electron chi connectivity index (χ3n) is 5.19. The van der Waals surface area contributed by atoms with Crippen LogP contribution in [-0.4, -0.2) is 22.4 Å². The van der Waals surface area contributed by atoms with Crippen LogP contribution in [0.1, 0.15) is 33.2 Å². The van der Waals surface area contributed by atoms with Gasteiger partial charge in [-0.05, 0) is 22.8 Å². The van der Waals surface area contributed by atoms with E-state index in [4.69, 9.17) is 0 Å². The number of aromatic hydroxyl groups is 1. The first kappa shape index (κ1) is 16.9. The number of pyridine rings is 1. The van der Waals surface area contributed by atoms with Crippen LogP contribution in [0.25, 0.3) is 0 Å². The van der Waals surface area contributed by atoms with Crippen LogP contribution in [0, 0.1) is 0 Å². The number of thioether (sulfide) groups is 1. The molecule has 0 spiro atoms. The lowest BCUT2D eigenvalue weighted by Gasteiger charge is -2.40. The van der Waals surface area contributed by atoms with Crippen molar-refractivity contribution in [3.63, 3.8) is 0 Å². The molecule has 0 saturated heterocycles. The van der Waals surface area contributed by atoms with Crippen LogP contribution in [-0.2, 0) is 5.75 Å². The maximum atomic E-state index is 12.4. The minimum absolute atomic E-state index is 0.0365. The molecule has 1 unspecified atom stereocenters. The van der Waals surface area contributed by atoms with E-state index in [2.05, 4.69) is 29.6 Å². The molecule has 1 amide bonds. The molecule has 1 atom stereocenters. The third kappa shape index (κ3) is 2.51. The standard InChI is InChI=1S/C21H17N3O3S/c25-16-9-10-23-19(20(16)26)21(27)22-12-24(23)18-14-6-2-1-5-13(14)11-28-17-8-4-3-7-15(17)18/h1-10,18,26H,11-12H2,(H,22,27). The Labute approximate surface area is 165 Å².